The van der Waals surface area contributed by atoms with Crippen LogP contribution in [0.25, 0.3) is 11.3 Å². The molecule has 3 aromatic rings. The van der Waals surface area contributed by atoms with Crippen LogP contribution in [0.3, 0.4) is 0 Å². The average molecular weight is 355 g/mol. The van der Waals surface area contributed by atoms with E-state index in [0.717, 1.165) is 21.2 Å². The molecule has 3 rings (SSSR count). The molecule has 0 fully saturated rings. The van der Waals surface area contributed by atoms with Gasteiger partial charge in [0.25, 0.3) is 0 Å². The van der Waals surface area contributed by atoms with Crippen molar-refractivity contribution < 1.29 is 4.79 Å². The SMILES string of the molecule is CC(Sc1nc(-c2ccccc2)cs1)C(=O)NCc1ccccc1. The highest BCUT2D eigenvalue weighted by Gasteiger charge is 2.16. The van der Waals surface area contributed by atoms with Crippen molar-refractivity contribution in [2.24, 2.45) is 0 Å². The van der Waals surface area contributed by atoms with Crippen molar-refractivity contribution in [2.45, 2.75) is 23.1 Å². The minimum absolute atomic E-state index is 0.0281. The Morgan fingerprint density at radius 1 is 1.12 bits per heavy atom. The molecule has 0 aliphatic heterocycles. The van der Waals surface area contributed by atoms with Crippen LogP contribution < -0.4 is 5.32 Å². The molecule has 0 saturated carbocycles. The molecular formula is C19H18N2OS2. The highest BCUT2D eigenvalue weighted by atomic mass is 32.2. The largest absolute Gasteiger partial charge is 0.351 e. The van der Waals surface area contributed by atoms with E-state index in [1.54, 1.807) is 11.3 Å². The lowest BCUT2D eigenvalue weighted by atomic mass is 10.2. The molecular weight excluding hydrogens is 336 g/mol. The summed E-state index contributed by atoms with van der Waals surface area (Å²) < 4.78 is 0.913. The van der Waals surface area contributed by atoms with Crippen LogP contribution in [0.15, 0.2) is 70.4 Å². The second kappa shape index (κ2) is 8.13. The van der Waals surface area contributed by atoms with Crippen LogP contribution >= 0.6 is 23.1 Å². The Labute approximate surface area is 150 Å². The number of hydrogen-bond acceptors (Lipinski definition) is 4. The van der Waals surface area contributed by atoms with Crippen molar-refractivity contribution >= 4 is 29.0 Å². The summed E-state index contributed by atoms with van der Waals surface area (Å²) in [5.74, 6) is 0.0281. The van der Waals surface area contributed by atoms with Crippen LogP contribution in [-0.4, -0.2) is 16.1 Å². The quantitative estimate of drug-likeness (QED) is 0.658. The molecule has 0 aliphatic rings. The van der Waals surface area contributed by atoms with Gasteiger partial charge in [-0.2, -0.15) is 0 Å². The number of aromatic nitrogens is 1. The smallest absolute Gasteiger partial charge is 0.233 e. The van der Waals surface area contributed by atoms with E-state index in [0.29, 0.717) is 6.54 Å². The normalized spacial score (nSPS) is 11.9. The van der Waals surface area contributed by atoms with Gasteiger partial charge in [0.1, 0.15) is 0 Å². The van der Waals surface area contributed by atoms with Crippen LogP contribution in [0.5, 0.6) is 0 Å². The summed E-state index contributed by atoms with van der Waals surface area (Å²) in [5.41, 5.74) is 3.16. The van der Waals surface area contributed by atoms with E-state index in [1.807, 2.05) is 73.0 Å². The van der Waals surface area contributed by atoms with E-state index in [2.05, 4.69) is 10.3 Å². The van der Waals surface area contributed by atoms with Gasteiger partial charge in [-0.3, -0.25) is 4.79 Å². The van der Waals surface area contributed by atoms with E-state index >= 15 is 0 Å². The number of thiazole rings is 1. The maximum absolute atomic E-state index is 12.2. The van der Waals surface area contributed by atoms with E-state index in [9.17, 15) is 4.79 Å². The second-order valence-corrected chi connectivity index (χ2v) is 7.77. The second-order valence-electron chi connectivity index (χ2n) is 5.33. The number of rotatable bonds is 6. The molecule has 24 heavy (non-hydrogen) atoms. The predicted octanol–water partition coefficient (Wildman–Crippen LogP) is 4.61. The minimum Gasteiger partial charge on any atom is -0.351 e. The average Bonchev–Trinajstić information content (AvgIpc) is 3.10. The summed E-state index contributed by atoms with van der Waals surface area (Å²) in [5, 5.41) is 4.83. The van der Waals surface area contributed by atoms with E-state index < -0.39 is 0 Å². The summed E-state index contributed by atoms with van der Waals surface area (Å²) in [6.07, 6.45) is 0. The third-order valence-electron chi connectivity index (χ3n) is 3.51. The number of benzene rings is 2. The molecule has 1 N–H and O–H groups in total. The van der Waals surface area contributed by atoms with Gasteiger partial charge in [-0.05, 0) is 12.5 Å². The van der Waals surface area contributed by atoms with Crippen molar-refractivity contribution in [3.8, 4) is 11.3 Å². The van der Waals surface area contributed by atoms with E-state index in [4.69, 9.17) is 0 Å². The molecule has 1 heterocycles. The summed E-state index contributed by atoms with van der Waals surface area (Å²) in [6.45, 7) is 2.46. The number of nitrogens with one attached hydrogen (secondary N) is 1. The summed E-state index contributed by atoms with van der Waals surface area (Å²) >= 11 is 3.07. The summed E-state index contributed by atoms with van der Waals surface area (Å²) in [4.78, 5) is 16.9. The fourth-order valence-electron chi connectivity index (χ4n) is 2.19. The van der Waals surface area contributed by atoms with Crippen molar-refractivity contribution in [3.05, 3.63) is 71.6 Å². The zero-order valence-corrected chi connectivity index (χ0v) is 14.9. The predicted molar refractivity (Wildman–Crippen MR) is 101 cm³/mol. The van der Waals surface area contributed by atoms with Gasteiger partial charge in [-0.25, -0.2) is 4.98 Å². The maximum atomic E-state index is 12.2. The lowest BCUT2D eigenvalue weighted by molar-refractivity contribution is -0.120. The standard InChI is InChI=1S/C19H18N2OS2/c1-14(18(22)20-12-15-8-4-2-5-9-15)24-19-21-17(13-23-19)16-10-6-3-7-11-16/h2-11,13-14H,12H2,1H3,(H,20,22). The van der Waals surface area contributed by atoms with Crippen molar-refractivity contribution in [2.75, 3.05) is 0 Å². The number of amides is 1. The molecule has 0 saturated heterocycles. The summed E-state index contributed by atoms with van der Waals surface area (Å²) in [7, 11) is 0. The van der Waals surface area contributed by atoms with Crippen molar-refractivity contribution in [3.63, 3.8) is 0 Å². The zero-order valence-electron chi connectivity index (χ0n) is 13.3. The molecule has 1 amide bonds. The number of nitrogens with zero attached hydrogens (tertiary/aromatic N) is 1. The molecule has 0 spiro atoms. The van der Waals surface area contributed by atoms with Gasteiger partial charge in [0, 0.05) is 17.5 Å². The van der Waals surface area contributed by atoms with Gasteiger partial charge in [-0.15, -0.1) is 11.3 Å². The Morgan fingerprint density at radius 2 is 1.79 bits per heavy atom. The lowest BCUT2D eigenvalue weighted by Crippen LogP contribution is -2.30. The molecule has 5 heteroatoms. The third-order valence-corrected chi connectivity index (χ3v) is 5.58. The van der Waals surface area contributed by atoms with Gasteiger partial charge < -0.3 is 5.32 Å². The van der Waals surface area contributed by atoms with Crippen LogP contribution in [0.4, 0.5) is 0 Å². The lowest BCUT2D eigenvalue weighted by Gasteiger charge is -2.10. The molecule has 1 unspecified atom stereocenters. The zero-order chi connectivity index (χ0) is 16.8. The topological polar surface area (TPSA) is 42.0 Å². The highest BCUT2D eigenvalue weighted by Crippen LogP contribution is 2.30. The van der Waals surface area contributed by atoms with Crippen LogP contribution in [-0.2, 0) is 11.3 Å². The Balaban J connectivity index is 1.55. The Hall–Kier alpha value is -2.11. The van der Waals surface area contributed by atoms with Crippen LogP contribution in [0.2, 0.25) is 0 Å². The van der Waals surface area contributed by atoms with Crippen LogP contribution in [0.1, 0.15) is 12.5 Å². The molecule has 0 aliphatic carbocycles. The Kier molecular flexibility index (Phi) is 5.67. The van der Waals surface area contributed by atoms with E-state index in [1.165, 1.54) is 11.8 Å². The molecule has 0 radical (unpaired) electrons. The molecule has 2 aromatic carbocycles. The first kappa shape index (κ1) is 16.7. The monoisotopic (exact) mass is 354 g/mol. The maximum Gasteiger partial charge on any atom is 0.233 e. The minimum atomic E-state index is -0.177. The Morgan fingerprint density at radius 3 is 2.50 bits per heavy atom. The first-order valence-corrected chi connectivity index (χ1v) is 9.47. The van der Waals surface area contributed by atoms with Gasteiger partial charge in [0.15, 0.2) is 4.34 Å². The number of carbonyl (C=O) groups excluding carboxylic acids is 1. The van der Waals surface area contributed by atoms with Crippen LogP contribution in [0, 0.1) is 0 Å². The molecule has 122 valence electrons. The Bertz CT molecular complexity index is 787. The molecule has 3 nitrogen and oxygen atoms in total. The number of carbonyl (C=O) groups is 1. The summed E-state index contributed by atoms with van der Waals surface area (Å²) in [6, 6.07) is 20.0. The van der Waals surface area contributed by atoms with Crippen molar-refractivity contribution in [1.29, 1.82) is 0 Å². The third kappa shape index (κ3) is 4.46. The fourth-order valence-corrected chi connectivity index (χ4v) is 4.18. The number of thioether (sulfide) groups is 1. The first-order chi connectivity index (χ1) is 11.7. The highest BCUT2D eigenvalue weighted by molar-refractivity contribution is 8.02. The van der Waals surface area contributed by atoms with Gasteiger partial charge in [0.2, 0.25) is 5.91 Å². The molecule has 0 bridgehead atoms. The molecule has 1 atom stereocenters. The number of hydrogen-bond donors (Lipinski definition) is 1. The van der Waals surface area contributed by atoms with Gasteiger partial charge in [-0.1, -0.05) is 72.4 Å². The fraction of sp³-hybridized carbons (Fsp3) is 0.158. The molecule has 1 aromatic heterocycles. The van der Waals surface area contributed by atoms with E-state index in [-0.39, 0.29) is 11.2 Å². The van der Waals surface area contributed by atoms with Gasteiger partial charge >= 0.3 is 0 Å². The first-order valence-electron chi connectivity index (χ1n) is 7.71. The van der Waals surface area contributed by atoms with Crippen molar-refractivity contribution in [1.82, 2.24) is 10.3 Å². The van der Waals surface area contributed by atoms with Gasteiger partial charge in [0.05, 0.1) is 10.9 Å².